The van der Waals surface area contributed by atoms with Crippen molar-refractivity contribution in [1.82, 2.24) is 16.0 Å². The first-order valence-electron chi connectivity index (χ1n) is 9.99. The zero-order valence-corrected chi connectivity index (χ0v) is 18.2. The van der Waals surface area contributed by atoms with Gasteiger partial charge in [-0.05, 0) is 25.2 Å². The molecule has 0 aromatic heterocycles. The second-order valence-corrected chi connectivity index (χ2v) is 7.80. The van der Waals surface area contributed by atoms with Crippen LogP contribution in [0.4, 0.5) is 0 Å². The fourth-order valence-electron chi connectivity index (χ4n) is 2.57. The van der Waals surface area contributed by atoms with Crippen LogP contribution in [0.5, 0.6) is 0 Å². The summed E-state index contributed by atoms with van der Waals surface area (Å²) in [7, 11) is 0. The fourth-order valence-corrected chi connectivity index (χ4v) is 2.57. The fraction of sp³-hybridized carbons (Fsp3) is 0.737. The number of nitrogens with one attached hydrogen (secondary N) is 3. The van der Waals surface area contributed by atoms with Crippen LogP contribution in [-0.4, -0.2) is 58.9 Å². The maximum absolute atomic E-state index is 12.7. The van der Waals surface area contributed by atoms with E-state index in [9.17, 15) is 29.1 Å². The van der Waals surface area contributed by atoms with Gasteiger partial charge in [-0.3, -0.25) is 19.2 Å². The Labute approximate surface area is 176 Å². The van der Waals surface area contributed by atoms with Crippen molar-refractivity contribution >= 4 is 29.6 Å². The number of carboxylic acids is 1. The summed E-state index contributed by atoms with van der Waals surface area (Å²) < 4.78 is 0. The number of rotatable bonds is 13. The van der Waals surface area contributed by atoms with Gasteiger partial charge < -0.3 is 32.5 Å². The summed E-state index contributed by atoms with van der Waals surface area (Å²) >= 11 is 0. The van der Waals surface area contributed by atoms with Crippen molar-refractivity contribution in [1.29, 1.82) is 0 Å². The first-order valence-corrected chi connectivity index (χ1v) is 9.99. The molecule has 0 spiro atoms. The minimum absolute atomic E-state index is 0.119. The highest BCUT2D eigenvalue weighted by Crippen LogP contribution is 2.10. The van der Waals surface area contributed by atoms with Gasteiger partial charge in [0.1, 0.15) is 18.1 Å². The van der Waals surface area contributed by atoms with Crippen molar-refractivity contribution in [2.75, 3.05) is 0 Å². The van der Waals surface area contributed by atoms with E-state index < -0.39 is 53.8 Å². The summed E-state index contributed by atoms with van der Waals surface area (Å²) in [5.74, 6) is -4.50. The van der Waals surface area contributed by atoms with E-state index in [4.69, 9.17) is 11.5 Å². The lowest BCUT2D eigenvalue weighted by molar-refractivity contribution is -0.144. The van der Waals surface area contributed by atoms with Crippen LogP contribution in [0.25, 0.3) is 0 Å². The normalized spacial score (nSPS) is 16.0. The van der Waals surface area contributed by atoms with Gasteiger partial charge >= 0.3 is 5.97 Å². The molecule has 172 valence electrons. The molecule has 0 fully saturated rings. The van der Waals surface area contributed by atoms with Gasteiger partial charge in [0, 0.05) is 6.42 Å². The van der Waals surface area contributed by atoms with E-state index in [2.05, 4.69) is 16.0 Å². The predicted molar refractivity (Wildman–Crippen MR) is 110 cm³/mol. The van der Waals surface area contributed by atoms with Crippen molar-refractivity contribution in [3.63, 3.8) is 0 Å². The van der Waals surface area contributed by atoms with E-state index in [0.29, 0.717) is 6.42 Å². The standard InChI is InChI=1S/C19H35N5O6/c1-6-10(4)15(19(29)30)24-17(27)12(7-8-13(21)25)22-18(28)14(9(2)3)23-16(26)11(5)20/h9-12,14-15H,6-8,20H2,1-5H3,(H2,21,25)(H,22,28)(H,23,26)(H,24,27)(H,29,30). The van der Waals surface area contributed by atoms with Crippen LogP contribution in [0.15, 0.2) is 0 Å². The molecule has 11 nitrogen and oxygen atoms in total. The average Bonchev–Trinajstić information content (AvgIpc) is 2.65. The van der Waals surface area contributed by atoms with Gasteiger partial charge in [-0.15, -0.1) is 0 Å². The molecule has 0 aliphatic carbocycles. The van der Waals surface area contributed by atoms with E-state index in [1.54, 1.807) is 27.7 Å². The van der Waals surface area contributed by atoms with E-state index >= 15 is 0 Å². The summed E-state index contributed by atoms with van der Waals surface area (Å²) in [4.78, 5) is 60.0. The van der Waals surface area contributed by atoms with Crippen LogP contribution < -0.4 is 27.4 Å². The molecule has 5 unspecified atom stereocenters. The Kier molecular flexibility index (Phi) is 11.6. The maximum Gasteiger partial charge on any atom is 0.326 e. The molecular formula is C19H35N5O6. The largest absolute Gasteiger partial charge is 0.480 e. The van der Waals surface area contributed by atoms with Crippen molar-refractivity contribution in [3.8, 4) is 0 Å². The van der Waals surface area contributed by atoms with Crippen molar-refractivity contribution < 1.29 is 29.1 Å². The minimum atomic E-state index is -1.21. The summed E-state index contributed by atoms with van der Waals surface area (Å²) in [5.41, 5.74) is 10.7. The summed E-state index contributed by atoms with van der Waals surface area (Å²) in [6.07, 6.45) is 0.193. The Morgan fingerprint density at radius 3 is 1.80 bits per heavy atom. The van der Waals surface area contributed by atoms with Gasteiger partial charge in [-0.2, -0.15) is 0 Å². The summed E-state index contributed by atoms with van der Waals surface area (Å²) in [5, 5.41) is 16.8. The highest BCUT2D eigenvalue weighted by molar-refractivity contribution is 5.94. The molecule has 5 atom stereocenters. The third-order valence-corrected chi connectivity index (χ3v) is 4.75. The molecule has 11 heteroatoms. The van der Waals surface area contributed by atoms with Crippen molar-refractivity contribution in [2.45, 2.75) is 78.0 Å². The number of aliphatic carboxylic acids is 1. The first kappa shape index (κ1) is 27.3. The van der Waals surface area contributed by atoms with Crippen molar-refractivity contribution in [2.24, 2.45) is 23.3 Å². The van der Waals surface area contributed by atoms with E-state index in [-0.39, 0.29) is 24.7 Å². The van der Waals surface area contributed by atoms with Crippen LogP contribution >= 0.6 is 0 Å². The Morgan fingerprint density at radius 2 is 1.40 bits per heavy atom. The number of primary amides is 1. The lowest BCUT2D eigenvalue weighted by atomic mass is 9.98. The molecule has 0 saturated heterocycles. The Bertz CT molecular complexity index is 637. The SMILES string of the molecule is CCC(C)C(NC(=O)C(CCC(N)=O)NC(=O)C(NC(=O)C(C)N)C(C)C)C(=O)O. The van der Waals surface area contributed by atoms with Crippen LogP contribution in [0, 0.1) is 11.8 Å². The van der Waals surface area contributed by atoms with Crippen LogP contribution in [-0.2, 0) is 24.0 Å². The van der Waals surface area contributed by atoms with Gasteiger partial charge in [0.2, 0.25) is 23.6 Å². The maximum atomic E-state index is 12.7. The van der Waals surface area contributed by atoms with E-state index in [0.717, 1.165) is 0 Å². The molecule has 0 aliphatic heterocycles. The molecule has 0 rings (SSSR count). The molecule has 0 heterocycles. The molecule has 8 N–H and O–H groups in total. The van der Waals surface area contributed by atoms with Gasteiger partial charge in [-0.25, -0.2) is 4.79 Å². The van der Waals surface area contributed by atoms with E-state index in [1.807, 2.05) is 0 Å². The van der Waals surface area contributed by atoms with Gasteiger partial charge in [0.05, 0.1) is 6.04 Å². The van der Waals surface area contributed by atoms with Crippen LogP contribution in [0.2, 0.25) is 0 Å². The number of carbonyl (C=O) groups excluding carboxylic acids is 4. The molecule has 0 bridgehead atoms. The molecule has 0 aromatic rings. The first-order chi connectivity index (χ1) is 13.8. The number of hydrogen-bond donors (Lipinski definition) is 6. The van der Waals surface area contributed by atoms with Crippen LogP contribution in [0.1, 0.15) is 53.9 Å². The minimum Gasteiger partial charge on any atom is -0.480 e. The monoisotopic (exact) mass is 429 g/mol. The number of carboxylic acid groups (broad SMARTS) is 1. The Balaban J connectivity index is 5.50. The third-order valence-electron chi connectivity index (χ3n) is 4.75. The topological polar surface area (TPSA) is 194 Å². The predicted octanol–water partition coefficient (Wildman–Crippen LogP) is -1.16. The Morgan fingerprint density at radius 1 is 0.867 bits per heavy atom. The molecule has 0 aromatic carbocycles. The van der Waals surface area contributed by atoms with Crippen molar-refractivity contribution in [3.05, 3.63) is 0 Å². The molecule has 0 aliphatic rings. The summed E-state index contributed by atoms with van der Waals surface area (Å²) in [6.45, 7) is 8.33. The van der Waals surface area contributed by atoms with Crippen LogP contribution in [0.3, 0.4) is 0 Å². The number of amides is 4. The van der Waals surface area contributed by atoms with Gasteiger partial charge in [0.15, 0.2) is 0 Å². The van der Waals surface area contributed by atoms with Gasteiger partial charge in [-0.1, -0.05) is 34.1 Å². The average molecular weight is 430 g/mol. The second-order valence-electron chi connectivity index (χ2n) is 7.80. The number of nitrogens with two attached hydrogens (primary N) is 2. The summed E-state index contributed by atoms with van der Waals surface area (Å²) in [6, 6.07) is -4.17. The smallest absolute Gasteiger partial charge is 0.326 e. The number of carbonyl (C=O) groups is 5. The Hall–Kier alpha value is -2.69. The lowest BCUT2D eigenvalue weighted by Gasteiger charge is -2.27. The molecular weight excluding hydrogens is 394 g/mol. The van der Waals surface area contributed by atoms with E-state index in [1.165, 1.54) is 6.92 Å². The number of hydrogen-bond acceptors (Lipinski definition) is 6. The zero-order chi connectivity index (χ0) is 23.6. The third kappa shape index (κ3) is 9.21. The molecule has 4 amide bonds. The highest BCUT2D eigenvalue weighted by atomic mass is 16.4. The quantitative estimate of drug-likeness (QED) is 0.212. The molecule has 30 heavy (non-hydrogen) atoms. The van der Waals surface area contributed by atoms with Gasteiger partial charge in [0.25, 0.3) is 0 Å². The second kappa shape index (κ2) is 12.8. The molecule has 0 radical (unpaired) electrons. The molecule has 0 saturated carbocycles. The highest BCUT2D eigenvalue weighted by Gasteiger charge is 2.32. The lowest BCUT2D eigenvalue weighted by Crippen LogP contribution is -2.58. The zero-order valence-electron chi connectivity index (χ0n) is 18.2.